The Morgan fingerprint density at radius 3 is 2.92 bits per heavy atom. The number of piperidine rings is 1. The van der Waals surface area contributed by atoms with Crippen molar-refractivity contribution in [1.29, 1.82) is 0 Å². The summed E-state index contributed by atoms with van der Waals surface area (Å²) in [5, 5.41) is 7.48. The zero-order valence-corrected chi connectivity index (χ0v) is 17.0. The first-order valence-corrected chi connectivity index (χ1v) is 8.32. The summed E-state index contributed by atoms with van der Waals surface area (Å²) >= 11 is 0. The number of carbonyl (C=O) groups is 1. The zero-order valence-electron chi connectivity index (χ0n) is 14.7. The van der Waals surface area contributed by atoms with Crippen molar-refractivity contribution >= 4 is 35.9 Å². The number of ether oxygens (including phenoxy) is 1. The Balaban J connectivity index is 0.00000288. The molecular formula is C16H28IN5O2. The van der Waals surface area contributed by atoms with E-state index >= 15 is 0 Å². The molecule has 1 fully saturated rings. The molecule has 2 heterocycles. The number of hydrogen-bond acceptors (Lipinski definition) is 4. The molecule has 1 saturated heterocycles. The first kappa shape index (κ1) is 20.7. The Labute approximate surface area is 160 Å². The minimum Gasteiger partial charge on any atom is -0.466 e. The van der Waals surface area contributed by atoms with Crippen LogP contribution in [0.2, 0.25) is 0 Å². The van der Waals surface area contributed by atoms with Gasteiger partial charge in [-0.3, -0.25) is 9.48 Å². The summed E-state index contributed by atoms with van der Waals surface area (Å²) < 4.78 is 6.99. The van der Waals surface area contributed by atoms with E-state index < -0.39 is 0 Å². The highest BCUT2D eigenvalue weighted by Gasteiger charge is 2.28. The van der Waals surface area contributed by atoms with Gasteiger partial charge in [0, 0.05) is 32.9 Å². The molecule has 0 aromatic carbocycles. The monoisotopic (exact) mass is 449 g/mol. The third-order valence-electron chi connectivity index (χ3n) is 3.99. The Bertz CT molecular complexity index is 546. The quantitative estimate of drug-likeness (QED) is 0.321. The van der Waals surface area contributed by atoms with Gasteiger partial charge in [0.25, 0.3) is 0 Å². The number of aryl methyl sites for hydroxylation is 1. The van der Waals surface area contributed by atoms with Crippen LogP contribution in [-0.2, 0) is 23.1 Å². The van der Waals surface area contributed by atoms with Crippen molar-refractivity contribution in [3.63, 3.8) is 0 Å². The Hall–Kier alpha value is -1.32. The highest BCUT2D eigenvalue weighted by atomic mass is 127. The third kappa shape index (κ3) is 5.64. The van der Waals surface area contributed by atoms with Gasteiger partial charge in [0.15, 0.2) is 5.96 Å². The van der Waals surface area contributed by atoms with Crippen LogP contribution in [0.5, 0.6) is 0 Å². The second kappa shape index (κ2) is 10.5. The van der Waals surface area contributed by atoms with E-state index in [9.17, 15) is 4.79 Å². The van der Waals surface area contributed by atoms with Crippen LogP contribution >= 0.6 is 24.0 Å². The lowest BCUT2D eigenvalue weighted by Crippen LogP contribution is -2.48. The number of likely N-dealkylation sites (tertiary alicyclic amines) is 1. The van der Waals surface area contributed by atoms with E-state index in [2.05, 4.69) is 15.3 Å². The minimum atomic E-state index is -0.0975. The summed E-state index contributed by atoms with van der Waals surface area (Å²) in [5.41, 5.74) is 1.05. The van der Waals surface area contributed by atoms with Crippen LogP contribution in [-0.4, -0.2) is 52.9 Å². The van der Waals surface area contributed by atoms with E-state index in [1.54, 1.807) is 6.20 Å². The van der Waals surface area contributed by atoms with Gasteiger partial charge in [0.2, 0.25) is 0 Å². The molecule has 0 spiro atoms. The number of esters is 1. The van der Waals surface area contributed by atoms with Crippen LogP contribution in [0, 0.1) is 5.92 Å². The zero-order chi connectivity index (χ0) is 16.7. The molecule has 136 valence electrons. The molecule has 0 amide bonds. The molecule has 1 atom stereocenters. The molecule has 1 aliphatic rings. The van der Waals surface area contributed by atoms with Gasteiger partial charge in [0.05, 0.1) is 24.8 Å². The first-order valence-electron chi connectivity index (χ1n) is 8.32. The maximum atomic E-state index is 12.0. The highest BCUT2D eigenvalue weighted by Crippen LogP contribution is 2.18. The summed E-state index contributed by atoms with van der Waals surface area (Å²) in [6, 6.07) is 1.96. The Morgan fingerprint density at radius 1 is 1.50 bits per heavy atom. The second-order valence-corrected chi connectivity index (χ2v) is 5.65. The van der Waals surface area contributed by atoms with Gasteiger partial charge in [-0.1, -0.05) is 0 Å². The van der Waals surface area contributed by atoms with Crippen LogP contribution in [0.25, 0.3) is 0 Å². The maximum Gasteiger partial charge on any atom is 0.310 e. The molecule has 1 aliphatic heterocycles. The van der Waals surface area contributed by atoms with E-state index in [-0.39, 0.29) is 35.9 Å². The number of aliphatic imine (C=N–C) groups is 1. The van der Waals surface area contributed by atoms with Gasteiger partial charge >= 0.3 is 5.97 Å². The van der Waals surface area contributed by atoms with Crippen molar-refractivity contribution in [1.82, 2.24) is 20.0 Å². The molecule has 8 heteroatoms. The Kier molecular flexibility index (Phi) is 9.09. The fraction of sp³-hybridized carbons (Fsp3) is 0.688. The van der Waals surface area contributed by atoms with Crippen LogP contribution in [0.15, 0.2) is 17.3 Å². The smallest absolute Gasteiger partial charge is 0.310 e. The lowest BCUT2D eigenvalue weighted by molar-refractivity contribution is -0.149. The molecule has 24 heavy (non-hydrogen) atoms. The summed E-state index contributed by atoms with van der Waals surface area (Å²) in [6.45, 7) is 7.27. The summed E-state index contributed by atoms with van der Waals surface area (Å²) in [7, 11) is 1.91. The molecule has 1 aromatic heterocycles. The van der Waals surface area contributed by atoms with Gasteiger partial charge in [-0.2, -0.15) is 5.10 Å². The molecule has 2 rings (SSSR count). The van der Waals surface area contributed by atoms with Crippen LogP contribution in [0.3, 0.4) is 0 Å². The van der Waals surface area contributed by atoms with Gasteiger partial charge < -0.3 is 15.0 Å². The number of halogens is 1. The number of rotatable bonds is 5. The molecule has 0 saturated carbocycles. The average Bonchev–Trinajstić information content (AvgIpc) is 2.97. The number of nitrogens with one attached hydrogen (secondary N) is 1. The lowest BCUT2D eigenvalue weighted by atomic mass is 9.98. The van der Waals surface area contributed by atoms with Gasteiger partial charge in [-0.25, -0.2) is 4.99 Å². The fourth-order valence-corrected chi connectivity index (χ4v) is 2.76. The Morgan fingerprint density at radius 2 is 2.29 bits per heavy atom. The first-order chi connectivity index (χ1) is 11.2. The summed E-state index contributed by atoms with van der Waals surface area (Å²) in [4.78, 5) is 18.8. The van der Waals surface area contributed by atoms with Crippen LogP contribution in [0.1, 0.15) is 32.4 Å². The number of nitrogens with zero attached hydrogens (tertiary/aromatic N) is 4. The highest BCUT2D eigenvalue weighted by molar-refractivity contribution is 14.0. The maximum absolute atomic E-state index is 12.0. The van der Waals surface area contributed by atoms with Crippen LogP contribution in [0.4, 0.5) is 0 Å². The SMILES string of the molecule is CCNC(=NCc1ccnn1C)N1CCCC(C(=O)OCC)C1.I. The normalized spacial score (nSPS) is 18.0. The molecular weight excluding hydrogens is 421 g/mol. The number of aromatic nitrogens is 2. The standard InChI is InChI=1S/C16H27N5O2.HI/c1-4-17-16(18-11-14-8-9-19-20(14)3)21-10-6-7-13(12-21)15(22)23-5-2;/h8-9,13H,4-7,10-12H2,1-3H3,(H,17,18);1H. The third-order valence-corrected chi connectivity index (χ3v) is 3.99. The summed E-state index contributed by atoms with van der Waals surface area (Å²) in [6.07, 6.45) is 3.63. The largest absolute Gasteiger partial charge is 0.466 e. The molecule has 0 aliphatic carbocycles. The summed E-state index contributed by atoms with van der Waals surface area (Å²) in [5.74, 6) is 0.687. The van der Waals surface area contributed by atoms with E-state index in [1.165, 1.54) is 0 Å². The van der Waals surface area contributed by atoms with Gasteiger partial charge in [-0.05, 0) is 32.8 Å². The predicted molar refractivity (Wildman–Crippen MR) is 104 cm³/mol. The van der Waals surface area contributed by atoms with Crippen molar-refractivity contribution in [2.24, 2.45) is 18.0 Å². The van der Waals surface area contributed by atoms with Crippen molar-refractivity contribution in [3.05, 3.63) is 18.0 Å². The predicted octanol–water partition coefficient (Wildman–Crippen LogP) is 1.78. The number of guanidine groups is 1. The minimum absolute atomic E-state index is 0. The lowest BCUT2D eigenvalue weighted by Gasteiger charge is -2.34. The van der Waals surface area contributed by atoms with E-state index in [4.69, 9.17) is 9.73 Å². The molecule has 0 bridgehead atoms. The molecule has 1 aromatic rings. The molecule has 1 N–H and O–H groups in total. The van der Waals surface area contributed by atoms with Crippen molar-refractivity contribution < 1.29 is 9.53 Å². The topological polar surface area (TPSA) is 71.8 Å². The van der Waals surface area contributed by atoms with E-state index in [0.717, 1.165) is 37.6 Å². The van der Waals surface area contributed by atoms with E-state index in [1.807, 2.05) is 31.6 Å². The molecule has 0 radical (unpaired) electrons. The van der Waals surface area contributed by atoms with Crippen molar-refractivity contribution in [2.75, 3.05) is 26.2 Å². The van der Waals surface area contributed by atoms with Crippen molar-refractivity contribution in [2.45, 2.75) is 33.2 Å². The van der Waals surface area contributed by atoms with Gasteiger partial charge in [-0.15, -0.1) is 24.0 Å². The average molecular weight is 449 g/mol. The van der Waals surface area contributed by atoms with Crippen molar-refractivity contribution in [3.8, 4) is 0 Å². The molecule has 1 unspecified atom stereocenters. The fourth-order valence-electron chi connectivity index (χ4n) is 2.76. The van der Waals surface area contributed by atoms with Crippen LogP contribution < -0.4 is 5.32 Å². The molecule has 7 nitrogen and oxygen atoms in total. The number of carbonyl (C=O) groups excluding carboxylic acids is 1. The second-order valence-electron chi connectivity index (χ2n) is 5.65. The number of hydrogen-bond donors (Lipinski definition) is 1. The van der Waals surface area contributed by atoms with E-state index in [0.29, 0.717) is 19.7 Å². The van der Waals surface area contributed by atoms with Gasteiger partial charge in [0.1, 0.15) is 0 Å².